The summed E-state index contributed by atoms with van der Waals surface area (Å²) < 4.78 is 26.9. The van der Waals surface area contributed by atoms with Gasteiger partial charge in [0.15, 0.2) is 0 Å². The van der Waals surface area contributed by atoms with Crippen LogP contribution >= 0.6 is 0 Å². The van der Waals surface area contributed by atoms with E-state index in [0.717, 1.165) is 11.3 Å². The molecule has 0 aliphatic carbocycles. The van der Waals surface area contributed by atoms with E-state index in [1.54, 1.807) is 43.6 Å². The van der Waals surface area contributed by atoms with Crippen molar-refractivity contribution in [3.8, 4) is 0 Å². The van der Waals surface area contributed by atoms with Gasteiger partial charge in [-0.25, -0.2) is 8.42 Å². The van der Waals surface area contributed by atoms with E-state index in [4.69, 9.17) is 0 Å². The lowest BCUT2D eigenvalue weighted by Crippen LogP contribution is -2.26. The Morgan fingerprint density at radius 3 is 2.71 bits per heavy atom. The number of nitrogens with one attached hydrogen (secondary N) is 1. The van der Waals surface area contributed by atoms with Crippen molar-refractivity contribution in [2.45, 2.75) is 17.0 Å². The van der Waals surface area contributed by atoms with E-state index in [-0.39, 0.29) is 17.0 Å². The van der Waals surface area contributed by atoms with Crippen LogP contribution in [-0.4, -0.2) is 27.8 Å². The maximum Gasteiger partial charge on any atom is 0.264 e. The van der Waals surface area contributed by atoms with Crippen LogP contribution in [0.15, 0.2) is 70.6 Å². The zero-order valence-corrected chi connectivity index (χ0v) is 13.9. The molecule has 2 heterocycles. The quantitative estimate of drug-likeness (QED) is 0.935. The van der Waals surface area contributed by atoms with Gasteiger partial charge >= 0.3 is 0 Å². The molecule has 2 aromatic carbocycles. The van der Waals surface area contributed by atoms with Crippen molar-refractivity contribution in [1.82, 2.24) is 0 Å². The molecule has 0 spiro atoms. The number of allylic oxidation sites excluding steroid dienone is 1. The van der Waals surface area contributed by atoms with Gasteiger partial charge in [0.05, 0.1) is 10.6 Å². The Morgan fingerprint density at radius 1 is 1.12 bits per heavy atom. The van der Waals surface area contributed by atoms with E-state index in [1.165, 1.54) is 4.31 Å². The number of sulfonamides is 1. The Balaban J connectivity index is 1.72. The topological polar surface area (TPSA) is 61.8 Å². The lowest BCUT2D eigenvalue weighted by molar-refractivity contribution is 0.594. The molecule has 6 heteroatoms. The third-order valence-electron chi connectivity index (χ3n) is 4.45. The van der Waals surface area contributed by atoms with Crippen LogP contribution in [0, 0.1) is 0 Å². The summed E-state index contributed by atoms with van der Waals surface area (Å²) in [5.74, 6) is 0.137. The zero-order valence-electron chi connectivity index (χ0n) is 13.1. The molecular weight excluding hydrogens is 322 g/mol. The lowest BCUT2D eigenvalue weighted by atomic mass is 9.97. The number of benzene rings is 2. The molecule has 2 aliphatic rings. The van der Waals surface area contributed by atoms with Gasteiger partial charge in [0.25, 0.3) is 10.0 Å². The molecule has 0 saturated carbocycles. The minimum Gasteiger partial charge on any atom is -0.363 e. The summed E-state index contributed by atoms with van der Waals surface area (Å²) in [7, 11) is -1.99. The molecule has 5 nitrogen and oxygen atoms in total. The molecule has 1 N–H and O–H groups in total. The molecular formula is C18H17N3O2S. The highest BCUT2D eigenvalue weighted by Gasteiger charge is 2.32. The fraction of sp³-hybridized carbons (Fsp3) is 0.167. The standard InChI is InChI=1S/C18H17N3O2S/c1-21(24(22,23)14-6-3-2-4-7-14)13-9-10-17-16(12-13)15-8-5-11-19-18(15)20-17/h2-12,15,18,20H,1H3. The van der Waals surface area contributed by atoms with Crippen molar-refractivity contribution in [3.05, 3.63) is 66.2 Å². The highest BCUT2D eigenvalue weighted by Crippen LogP contribution is 2.40. The number of dihydropyridines is 1. The van der Waals surface area contributed by atoms with E-state index in [2.05, 4.69) is 16.4 Å². The van der Waals surface area contributed by atoms with E-state index in [1.807, 2.05) is 24.3 Å². The largest absolute Gasteiger partial charge is 0.363 e. The van der Waals surface area contributed by atoms with Gasteiger partial charge in [-0.15, -0.1) is 0 Å². The average molecular weight is 339 g/mol. The molecule has 2 aromatic rings. The first-order valence-electron chi connectivity index (χ1n) is 7.72. The van der Waals surface area contributed by atoms with Crippen LogP contribution in [0.1, 0.15) is 11.5 Å². The number of hydrogen-bond acceptors (Lipinski definition) is 4. The fourth-order valence-electron chi connectivity index (χ4n) is 3.11. The molecule has 0 radical (unpaired) electrons. The van der Waals surface area contributed by atoms with E-state index < -0.39 is 10.0 Å². The molecule has 0 aromatic heterocycles. The van der Waals surface area contributed by atoms with Crippen molar-refractivity contribution in [1.29, 1.82) is 0 Å². The minimum absolute atomic E-state index is 0.00344. The number of nitrogens with zero attached hydrogens (tertiary/aromatic N) is 2. The molecule has 2 aliphatic heterocycles. The smallest absolute Gasteiger partial charge is 0.264 e. The second-order valence-electron chi connectivity index (χ2n) is 5.86. The van der Waals surface area contributed by atoms with Crippen molar-refractivity contribution < 1.29 is 8.42 Å². The van der Waals surface area contributed by atoms with Crippen LogP contribution in [-0.2, 0) is 10.0 Å². The SMILES string of the molecule is CN(c1ccc2c(c1)C1C=CC=NC1N2)S(=O)(=O)c1ccccc1. The molecule has 0 saturated heterocycles. The summed E-state index contributed by atoms with van der Waals surface area (Å²) in [6, 6.07) is 14.1. The molecule has 2 unspecified atom stereocenters. The Bertz CT molecular complexity index is 936. The van der Waals surface area contributed by atoms with Gasteiger partial charge in [-0.3, -0.25) is 9.30 Å². The third-order valence-corrected chi connectivity index (χ3v) is 6.25. The monoisotopic (exact) mass is 339 g/mol. The number of anilines is 2. The predicted molar refractivity (Wildman–Crippen MR) is 96.3 cm³/mol. The van der Waals surface area contributed by atoms with Gasteiger partial charge in [-0.05, 0) is 42.0 Å². The van der Waals surface area contributed by atoms with E-state index in [9.17, 15) is 8.42 Å². The number of fused-ring (bicyclic) bond motifs is 3. The van der Waals surface area contributed by atoms with Crippen LogP contribution in [0.4, 0.5) is 11.4 Å². The summed E-state index contributed by atoms with van der Waals surface area (Å²) >= 11 is 0. The summed E-state index contributed by atoms with van der Waals surface area (Å²) in [4.78, 5) is 4.71. The molecule has 2 atom stereocenters. The van der Waals surface area contributed by atoms with Crippen molar-refractivity contribution in [2.24, 2.45) is 4.99 Å². The Hall–Kier alpha value is -2.60. The van der Waals surface area contributed by atoms with Crippen LogP contribution in [0.3, 0.4) is 0 Å². The van der Waals surface area contributed by atoms with Crippen LogP contribution in [0.2, 0.25) is 0 Å². The summed E-state index contributed by atoms with van der Waals surface area (Å²) in [5, 5.41) is 3.36. The van der Waals surface area contributed by atoms with Crippen molar-refractivity contribution in [2.75, 3.05) is 16.7 Å². The normalized spacial score (nSPS) is 21.0. The minimum atomic E-state index is -3.57. The molecule has 122 valence electrons. The molecule has 0 bridgehead atoms. The van der Waals surface area contributed by atoms with Crippen LogP contribution in [0.5, 0.6) is 0 Å². The van der Waals surface area contributed by atoms with Crippen molar-refractivity contribution in [3.63, 3.8) is 0 Å². The molecule has 24 heavy (non-hydrogen) atoms. The maximum absolute atomic E-state index is 12.8. The van der Waals surface area contributed by atoms with E-state index >= 15 is 0 Å². The lowest BCUT2D eigenvalue weighted by Gasteiger charge is -2.21. The number of rotatable bonds is 3. The maximum atomic E-state index is 12.8. The fourth-order valence-corrected chi connectivity index (χ4v) is 4.32. The van der Waals surface area contributed by atoms with Gasteiger partial charge in [-0.2, -0.15) is 0 Å². The Labute approximate surface area is 141 Å². The van der Waals surface area contributed by atoms with Crippen LogP contribution < -0.4 is 9.62 Å². The second-order valence-corrected chi connectivity index (χ2v) is 7.82. The van der Waals surface area contributed by atoms with Gasteiger partial charge in [0.2, 0.25) is 0 Å². The van der Waals surface area contributed by atoms with Gasteiger partial charge in [0, 0.05) is 24.9 Å². The molecule has 0 amide bonds. The van der Waals surface area contributed by atoms with Gasteiger partial charge in [-0.1, -0.05) is 24.3 Å². The molecule has 0 fully saturated rings. The first kappa shape index (κ1) is 15.0. The summed E-state index contributed by atoms with van der Waals surface area (Å²) in [6.07, 6.45) is 5.80. The first-order chi connectivity index (χ1) is 11.6. The average Bonchev–Trinajstić information content (AvgIpc) is 2.99. The highest BCUT2D eigenvalue weighted by atomic mass is 32.2. The summed E-state index contributed by atoms with van der Waals surface area (Å²) in [6.45, 7) is 0. The van der Waals surface area contributed by atoms with Gasteiger partial charge in [0.1, 0.15) is 6.17 Å². The number of hydrogen-bond donors (Lipinski definition) is 1. The first-order valence-corrected chi connectivity index (χ1v) is 9.16. The predicted octanol–water partition coefficient (Wildman–Crippen LogP) is 2.99. The third kappa shape index (κ3) is 2.30. The Morgan fingerprint density at radius 2 is 1.92 bits per heavy atom. The van der Waals surface area contributed by atoms with E-state index in [0.29, 0.717) is 5.69 Å². The van der Waals surface area contributed by atoms with Gasteiger partial charge < -0.3 is 5.32 Å². The second kappa shape index (κ2) is 5.49. The molecule has 4 rings (SSSR count). The zero-order chi connectivity index (χ0) is 16.7. The Kier molecular flexibility index (Phi) is 3.42. The van der Waals surface area contributed by atoms with Crippen LogP contribution in [0.25, 0.3) is 0 Å². The summed E-state index contributed by atoms with van der Waals surface area (Å²) in [5.41, 5.74) is 2.71. The highest BCUT2D eigenvalue weighted by molar-refractivity contribution is 7.92. The number of aliphatic imine (C=N–C) groups is 1. The van der Waals surface area contributed by atoms with Crippen molar-refractivity contribution >= 4 is 27.6 Å².